The third-order valence-electron chi connectivity index (χ3n) is 8.44. The van der Waals surface area contributed by atoms with E-state index in [1.807, 2.05) is 13.0 Å². The van der Waals surface area contributed by atoms with Crippen molar-refractivity contribution < 1.29 is 67.1 Å². The third-order valence-corrected chi connectivity index (χ3v) is 8.44. The van der Waals surface area contributed by atoms with Crippen LogP contribution in [0, 0.1) is 28.6 Å². The predicted octanol–water partition coefficient (Wildman–Crippen LogP) is 1.96. The SMILES string of the molecule is CCC(=O)O[C@H]1CC[C@H]2[C@@H]3CCC4=CC(=O)CC[C@]4(C)[C@H]3CC[C@]12C.[H-].[K+]. The minimum absolute atomic E-state index is 0. The number of carbonyl (C=O) groups excluding carboxylic acids is 2. The predicted molar refractivity (Wildman–Crippen MR) is 98.0 cm³/mol. The second kappa shape index (κ2) is 7.74. The van der Waals surface area contributed by atoms with Crippen molar-refractivity contribution >= 4 is 11.8 Å². The van der Waals surface area contributed by atoms with E-state index in [-0.39, 0.29) is 75.7 Å². The molecule has 0 aliphatic heterocycles. The van der Waals surface area contributed by atoms with Gasteiger partial charge in [-0.2, -0.15) is 0 Å². The first-order valence-corrected chi connectivity index (χ1v) is 10.3. The Labute approximate surface area is 202 Å². The van der Waals surface area contributed by atoms with Crippen LogP contribution in [0.2, 0.25) is 0 Å². The Morgan fingerprint density at radius 2 is 1.92 bits per heavy atom. The molecule has 4 aliphatic carbocycles. The largest absolute Gasteiger partial charge is 1.00 e. The summed E-state index contributed by atoms with van der Waals surface area (Å²) in [5.74, 6) is 2.41. The van der Waals surface area contributed by atoms with Gasteiger partial charge in [0.15, 0.2) is 5.78 Å². The van der Waals surface area contributed by atoms with Gasteiger partial charge >= 0.3 is 57.4 Å². The zero-order valence-electron chi connectivity index (χ0n) is 18.0. The fraction of sp³-hybridized carbons (Fsp3) is 0.818. The summed E-state index contributed by atoms with van der Waals surface area (Å²) in [7, 11) is 0. The normalized spacial score (nSPS) is 44.1. The molecule has 0 aromatic carbocycles. The number of allylic oxidation sites excluding steroid dienone is 1. The Kier molecular flexibility index (Phi) is 6.32. The molecule has 3 saturated carbocycles. The molecule has 140 valence electrons. The smallest absolute Gasteiger partial charge is 1.00 e. The molecule has 3 nitrogen and oxygen atoms in total. The van der Waals surface area contributed by atoms with E-state index >= 15 is 0 Å². The van der Waals surface area contributed by atoms with Gasteiger partial charge in [-0.1, -0.05) is 26.3 Å². The second-order valence-electron chi connectivity index (χ2n) is 9.42. The first-order valence-electron chi connectivity index (χ1n) is 10.3. The number of hydrogen-bond acceptors (Lipinski definition) is 3. The van der Waals surface area contributed by atoms with Crippen molar-refractivity contribution in [2.24, 2.45) is 28.6 Å². The Morgan fingerprint density at radius 1 is 1.15 bits per heavy atom. The summed E-state index contributed by atoms with van der Waals surface area (Å²) in [6.07, 6.45) is 11.3. The molecule has 0 amide bonds. The van der Waals surface area contributed by atoms with E-state index in [2.05, 4.69) is 13.8 Å². The van der Waals surface area contributed by atoms with Gasteiger partial charge in [-0.05, 0) is 74.2 Å². The van der Waals surface area contributed by atoms with Crippen LogP contribution < -0.4 is 51.4 Å². The minimum Gasteiger partial charge on any atom is -1.00 e. The van der Waals surface area contributed by atoms with Crippen LogP contribution in [0.1, 0.15) is 80.0 Å². The molecule has 0 saturated heterocycles. The number of esters is 1. The molecule has 0 unspecified atom stereocenters. The van der Waals surface area contributed by atoms with Gasteiger partial charge in [0.05, 0.1) is 0 Å². The van der Waals surface area contributed by atoms with E-state index in [0.29, 0.717) is 24.0 Å². The number of ketones is 1. The van der Waals surface area contributed by atoms with Gasteiger partial charge in [0, 0.05) is 18.3 Å². The van der Waals surface area contributed by atoms with Crippen molar-refractivity contribution in [1.82, 2.24) is 0 Å². The van der Waals surface area contributed by atoms with E-state index in [9.17, 15) is 9.59 Å². The van der Waals surface area contributed by atoms with Gasteiger partial charge in [-0.3, -0.25) is 9.59 Å². The van der Waals surface area contributed by atoms with Gasteiger partial charge in [-0.15, -0.1) is 0 Å². The maximum Gasteiger partial charge on any atom is 1.00 e. The molecule has 0 bridgehead atoms. The van der Waals surface area contributed by atoms with Gasteiger partial charge in [0.1, 0.15) is 6.10 Å². The average molecular weight is 385 g/mol. The number of rotatable bonds is 2. The van der Waals surface area contributed by atoms with E-state index in [1.165, 1.54) is 24.8 Å². The quantitative estimate of drug-likeness (QED) is 0.540. The minimum atomic E-state index is -0.0411. The molecule has 0 spiro atoms. The molecule has 0 aromatic rings. The van der Waals surface area contributed by atoms with Gasteiger partial charge in [0.2, 0.25) is 0 Å². The average Bonchev–Trinajstić information content (AvgIpc) is 2.92. The third kappa shape index (κ3) is 3.26. The van der Waals surface area contributed by atoms with Crippen LogP contribution in [-0.2, 0) is 14.3 Å². The van der Waals surface area contributed by atoms with E-state index in [1.54, 1.807) is 0 Å². The van der Waals surface area contributed by atoms with Crippen molar-refractivity contribution in [2.45, 2.75) is 84.7 Å². The van der Waals surface area contributed by atoms with Crippen LogP contribution >= 0.6 is 0 Å². The molecular formula is C22H33KO3. The van der Waals surface area contributed by atoms with E-state index < -0.39 is 0 Å². The zero-order chi connectivity index (χ0) is 17.8. The molecule has 4 aliphatic rings. The summed E-state index contributed by atoms with van der Waals surface area (Å²) in [4.78, 5) is 23.8. The fourth-order valence-electron chi connectivity index (χ4n) is 6.95. The molecule has 4 rings (SSSR count). The Bertz CT molecular complexity index is 633. The van der Waals surface area contributed by atoms with E-state index in [4.69, 9.17) is 4.74 Å². The van der Waals surface area contributed by atoms with Gasteiger partial charge < -0.3 is 6.16 Å². The van der Waals surface area contributed by atoms with Crippen molar-refractivity contribution in [3.8, 4) is 0 Å². The standard InChI is InChI=1S/C22H32O3.K.H/c1-4-20(24)25-19-8-7-17-16-6-5-14-13-15(23)9-11-21(14,2)18(16)10-12-22(17,19)3;;/h13,16-19H,4-12H2,1-3H3;;/q;+1;-1/t16-,17-,18-,19-,21-,22-;;/m0../s1. The molecular weight excluding hydrogens is 351 g/mol. The monoisotopic (exact) mass is 384 g/mol. The number of hydrogen-bond donors (Lipinski definition) is 0. The summed E-state index contributed by atoms with van der Waals surface area (Å²) < 4.78 is 5.86. The molecule has 4 heteroatoms. The summed E-state index contributed by atoms with van der Waals surface area (Å²) in [5.41, 5.74) is 1.82. The summed E-state index contributed by atoms with van der Waals surface area (Å²) in [6, 6.07) is 0. The molecule has 0 radical (unpaired) electrons. The number of ether oxygens (including phenoxy) is 1. The maximum atomic E-state index is 11.9. The molecule has 0 N–H and O–H groups in total. The van der Waals surface area contributed by atoms with Crippen LogP contribution in [0.5, 0.6) is 0 Å². The number of fused-ring (bicyclic) bond motifs is 5. The van der Waals surface area contributed by atoms with E-state index in [0.717, 1.165) is 38.0 Å². The van der Waals surface area contributed by atoms with Crippen LogP contribution in [0.3, 0.4) is 0 Å². The maximum absolute atomic E-state index is 11.9. The van der Waals surface area contributed by atoms with Crippen LogP contribution in [0.4, 0.5) is 0 Å². The van der Waals surface area contributed by atoms with Gasteiger partial charge in [0.25, 0.3) is 0 Å². The first-order chi connectivity index (χ1) is 11.9. The first kappa shape index (κ1) is 21.2. The summed E-state index contributed by atoms with van der Waals surface area (Å²) in [6.45, 7) is 6.69. The van der Waals surface area contributed by atoms with Crippen molar-refractivity contribution in [2.75, 3.05) is 0 Å². The Morgan fingerprint density at radius 3 is 2.65 bits per heavy atom. The van der Waals surface area contributed by atoms with Crippen LogP contribution in [0.15, 0.2) is 11.6 Å². The molecule has 0 heterocycles. The summed E-state index contributed by atoms with van der Waals surface area (Å²) >= 11 is 0. The fourth-order valence-corrected chi connectivity index (χ4v) is 6.95. The van der Waals surface area contributed by atoms with Crippen LogP contribution in [0.25, 0.3) is 0 Å². The van der Waals surface area contributed by atoms with Crippen molar-refractivity contribution in [1.29, 1.82) is 0 Å². The second-order valence-corrected chi connectivity index (χ2v) is 9.42. The molecule has 26 heavy (non-hydrogen) atoms. The molecule has 6 atom stereocenters. The topological polar surface area (TPSA) is 43.4 Å². The van der Waals surface area contributed by atoms with Crippen molar-refractivity contribution in [3.05, 3.63) is 11.6 Å². The summed E-state index contributed by atoms with van der Waals surface area (Å²) in [5, 5.41) is 0. The zero-order valence-corrected chi connectivity index (χ0v) is 20.1. The van der Waals surface area contributed by atoms with Crippen molar-refractivity contribution in [3.63, 3.8) is 0 Å². The molecule has 0 aromatic heterocycles. The Balaban J connectivity index is 0.00000131. The molecule has 3 fully saturated rings. The Hall–Kier alpha value is 0.516. The van der Waals surface area contributed by atoms with Crippen LogP contribution in [-0.4, -0.2) is 17.9 Å². The van der Waals surface area contributed by atoms with Gasteiger partial charge in [-0.25, -0.2) is 0 Å². The number of carbonyl (C=O) groups is 2.